The first-order valence-corrected chi connectivity index (χ1v) is 10.3. The quantitative estimate of drug-likeness (QED) is 0.866. The van der Waals surface area contributed by atoms with Crippen LogP contribution in [0.25, 0.3) is 0 Å². The van der Waals surface area contributed by atoms with Gasteiger partial charge in [-0.25, -0.2) is 0 Å². The van der Waals surface area contributed by atoms with Gasteiger partial charge in [-0.15, -0.1) is 0 Å². The molecule has 4 rings (SSSR count). The van der Waals surface area contributed by atoms with Gasteiger partial charge in [0.1, 0.15) is 0 Å². The molecule has 0 radical (unpaired) electrons. The number of piperidine rings is 1. The number of fused-ring (bicyclic) bond motifs is 1. The third kappa shape index (κ3) is 4.17. The summed E-state index contributed by atoms with van der Waals surface area (Å²) in [5.74, 6) is 0.605. The first-order valence-electron chi connectivity index (χ1n) is 10.3. The predicted octanol–water partition coefficient (Wildman–Crippen LogP) is 1.11. The van der Waals surface area contributed by atoms with Crippen LogP contribution >= 0.6 is 0 Å². The number of anilines is 1. The first-order chi connectivity index (χ1) is 13.2. The van der Waals surface area contributed by atoms with Crippen LogP contribution in [-0.2, 0) is 16.0 Å². The minimum absolute atomic E-state index is 0.136. The second-order valence-corrected chi connectivity index (χ2v) is 7.92. The largest absolute Gasteiger partial charge is 0.340 e. The summed E-state index contributed by atoms with van der Waals surface area (Å²) in [6.45, 7) is 6.13. The van der Waals surface area contributed by atoms with Crippen LogP contribution in [0.3, 0.4) is 0 Å². The Labute approximate surface area is 161 Å². The fourth-order valence-electron chi connectivity index (χ4n) is 4.52. The van der Waals surface area contributed by atoms with E-state index >= 15 is 0 Å². The smallest absolute Gasteiger partial charge is 0.241 e. The van der Waals surface area contributed by atoms with Gasteiger partial charge in [0.05, 0.1) is 12.5 Å². The Balaban J connectivity index is 1.29. The Morgan fingerprint density at radius 3 is 2.63 bits per heavy atom. The number of amides is 2. The summed E-state index contributed by atoms with van der Waals surface area (Å²) >= 11 is 0. The molecule has 3 aliphatic heterocycles. The van der Waals surface area contributed by atoms with E-state index in [4.69, 9.17) is 0 Å². The van der Waals surface area contributed by atoms with Crippen LogP contribution in [0.2, 0.25) is 0 Å². The number of nitrogens with one attached hydrogen (secondary N) is 1. The van der Waals surface area contributed by atoms with Gasteiger partial charge < -0.3 is 15.1 Å². The van der Waals surface area contributed by atoms with Crippen molar-refractivity contribution in [1.82, 2.24) is 15.1 Å². The van der Waals surface area contributed by atoms with Crippen LogP contribution in [0.5, 0.6) is 0 Å². The Bertz CT molecular complexity index is 679. The molecule has 2 fully saturated rings. The molecule has 1 aromatic rings. The lowest BCUT2D eigenvalue weighted by Crippen LogP contribution is -2.54. The Hall–Kier alpha value is -1.92. The fourth-order valence-corrected chi connectivity index (χ4v) is 4.52. The van der Waals surface area contributed by atoms with Gasteiger partial charge >= 0.3 is 0 Å². The van der Waals surface area contributed by atoms with Crippen LogP contribution < -0.4 is 10.2 Å². The van der Waals surface area contributed by atoms with Crippen molar-refractivity contribution in [1.29, 1.82) is 0 Å². The van der Waals surface area contributed by atoms with Crippen LogP contribution in [0.4, 0.5) is 5.69 Å². The lowest BCUT2D eigenvalue weighted by Gasteiger charge is -2.38. The third-order valence-electron chi connectivity index (χ3n) is 6.10. The zero-order valence-electron chi connectivity index (χ0n) is 16.0. The molecule has 0 aromatic heterocycles. The van der Waals surface area contributed by atoms with Gasteiger partial charge in [-0.2, -0.15) is 0 Å². The monoisotopic (exact) mass is 370 g/mol. The first kappa shape index (κ1) is 18.4. The maximum Gasteiger partial charge on any atom is 0.241 e. The van der Waals surface area contributed by atoms with E-state index in [9.17, 15) is 9.59 Å². The molecular formula is C21H30N4O2. The third-order valence-corrected chi connectivity index (χ3v) is 6.10. The van der Waals surface area contributed by atoms with Crippen LogP contribution in [0, 0.1) is 5.92 Å². The molecular weight excluding hydrogens is 340 g/mol. The lowest BCUT2D eigenvalue weighted by molar-refractivity contribution is -0.138. The molecule has 1 aromatic carbocycles. The van der Waals surface area contributed by atoms with Crippen molar-refractivity contribution in [2.45, 2.75) is 25.7 Å². The Kier molecular flexibility index (Phi) is 5.74. The number of rotatable bonds is 3. The molecule has 2 amide bonds. The number of carbonyl (C=O) groups excluding carboxylic acids is 2. The predicted molar refractivity (Wildman–Crippen MR) is 106 cm³/mol. The topological polar surface area (TPSA) is 55.9 Å². The van der Waals surface area contributed by atoms with E-state index in [0.717, 1.165) is 77.2 Å². The molecule has 0 saturated carbocycles. The highest BCUT2D eigenvalue weighted by Crippen LogP contribution is 2.27. The summed E-state index contributed by atoms with van der Waals surface area (Å²) in [6, 6.07) is 8.24. The second-order valence-electron chi connectivity index (χ2n) is 7.92. The van der Waals surface area contributed by atoms with Gasteiger partial charge in [-0.3, -0.25) is 14.5 Å². The number of benzene rings is 1. The normalized spacial score (nSPS) is 23.8. The second kappa shape index (κ2) is 8.40. The number of nitrogens with zero attached hydrogens (tertiary/aromatic N) is 3. The van der Waals surface area contributed by atoms with Crippen molar-refractivity contribution in [2.24, 2.45) is 5.92 Å². The molecule has 27 heavy (non-hydrogen) atoms. The van der Waals surface area contributed by atoms with E-state index in [1.807, 2.05) is 21.9 Å². The van der Waals surface area contributed by atoms with Gasteiger partial charge in [-0.05, 0) is 43.9 Å². The molecule has 3 aliphatic rings. The Morgan fingerprint density at radius 1 is 1.04 bits per heavy atom. The average Bonchev–Trinajstić information content (AvgIpc) is 2.74. The molecule has 1 N–H and O–H groups in total. The van der Waals surface area contributed by atoms with Crippen molar-refractivity contribution in [3.05, 3.63) is 29.8 Å². The summed E-state index contributed by atoms with van der Waals surface area (Å²) in [7, 11) is 0. The highest BCUT2D eigenvalue weighted by Gasteiger charge is 2.30. The highest BCUT2D eigenvalue weighted by molar-refractivity contribution is 5.96. The fraction of sp³-hybridized carbons (Fsp3) is 0.619. The summed E-state index contributed by atoms with van der Waals surface area (Å²) in [4.78, 5) is 31.7. The lowest BCUT2D eigenvalue weighted by atomic mass is 9.98. The highest BCUT2D eigenvalue weighted by atomic mass is 16.2. The molecule has 0 spiro atoms. The summed E-state index contributed by atoms with van der Waals surface area (Å²) in [6.07, 6.45) is 4.16. The average molecular weight is 370 g/mol. The molecule has 1 atom stereocenters. The van der Waals surface area contributed by atoms with Crippen molar-refractivity contribution >= 4 is 17.5 Å². The number of para-hydroxylation sites is 1. The molecule has 6 heteroatoms. The van der Waals surface area contributed by atoms with E-state index < -0.39 is 0 Å². The van der Waals surface area contributed by atoms with Crippen molar-refractivity contribution in [3.8, 4) is 0 Å². The molecule has 1 unspecified atom stereocenters. The number of carbonyl (C=O) groups is 2. The van der Waals surface area contributed by atoms with Crippen molar-refractivity contribution in [3.63, 3.8) is 0 Å². The summed E-state index contributed by atoms with van der Waals surface area (Å²) in [5, 5.41) is 3.33. The van der Waals surface area contributed by atoms with E-state index in [1.165, 1.54) is 5.56 Å². The van der Waals surface area contributed by atoms with E-state index in [1.54, 1.807) is 0 Å². The van der Waals surface area contributed by atoms with Gasteiger partial charge in [0, 0.05) is 45.0 Å². The molecule has 0 aliphatic carbocycles. The van der Waals surface area contributed by atoms with Crippen LogP contribution in [0.15, 0.2) is 24.3 Å². The van der Waals surface area contributed by atoms with E-state index in [-0.39, 0.29) is 17.7 Å². The van der Waals surface area contributed by atoms with Crippen molar-refractivity contribution in [2.75, 3.05) is 57.3 Å². The maximum atomic E-state index is 12.9. The van der Waals surface area contributed by atoms with Gasteiger partial charge in [0.2, 0.25) is 11.8 Å². The Morgan fingerprint density at radius 2 is 1.85 bits per heavy atom. The molecule has 3 heterocycles. The van der Waals surface area contributed by atoms with E-state index in [0.29, 0.717) is 6.54 Å². The molecule has 0 bridgehead atoms. The van der Waals surface area contributed by atoms with E-state index in [2.05, 4.69) is 22.3 Å². The van der Waals surface area contributed by atoms with Gasteiger partial charge in [0.25, 0.3) is 0 Å². The number of piperazine rings is 1. The number of hydrogen-bond acceptors (Lipinski definition) is 4. The zero-order valence-corrected chi connectivity index (χ0v) is 16.0. The van der Waals surface area contributed by atoms with Gasteiger partial charge in [-0.1, -0.05) is 18.2 Å². The van der Waals surface area contributed by atoms with Crippen molar-refractivity contribution < 1.29 is 9.59 Å². The summed E-state index contributed by atoms with van der Waals surface area (Å²) in [5.41, 5.74) is 2.35. The SMILES string of the molecule is O=C(C1CCCNC1)N1CCN(CC(=O)N2CCCc3ccccc32)CC1. The molecule has 6 nitrogen and oxygen atoms in total. The minimum atomic E-state index is 0.136. The molecule has 146 valence electrons. The maximum absolute atomic E-state index is 12.9. The number of aryl methyl sites for hydroxylation is 1. The van der Waals surface area contributed by atoms with Crippen LogP contribution in [-0.4, -0.2) is 74.0 Å². The molecule has 2 saturated heterocycles. The minimum Gasteiger partial charge on any atom is -0.340 e. The zero-order chi connectivity index (χ0) is 18.6. The van der Waals surface area contributed by atoms with Gasteiger partial charge in [0.15, 0.2) is 0 Å². The van der Waals surface area contributed by atoms with Crippen LogP contribution in [0.1, 0.15) is 24.8 Å². The number of hydrogen-bond donors (Lipinski definition) is 1. The standard InChI is InChI=1S/C21H30N4O2/c26-20(25-10-4-7-17-5-1-2-8-19(17)25)16-23-11-13-24(14-12-23)21(27)18-6-3-9-22-15-18/h1-2,5,8,18,22H,3-4,6-7,9-16H2. The summed E-state index contributed by atoms with van der Waals surface area (Å²) < 4.78 is 0.